The van der Waals surface area contributed by atoms with Crippen LogP contribution in [0.2, 0.25) is 0 Å². The maximum atomic E-state index is 6.33. The summed E-state index contributed by atoms with van der Waals surface area (Å²) in [6.07, 6.45) is 1.76. The topological polar surface area (TPSA) is 71.1 Å². The van der Waals surface area contributed by atoms with Crippen LogP contribution in [0.1, 0.15) is 45.5 Å². The highest BCUT2D eigenvalue weighted by molar-refractivity contribution is 5.54. The van der Waals surface area contributed by atoms with Crippen molar-refractivity contribution in [3.63, 3.8) is 0 Å². The van der Waals surface area contributed by atoms with Gasteiger partial charge in [0.2, 0.25) is 0 Å². The van der Waals surface area contributed by atoms with Crippen LogP contribution < -0.4 is 28.4 Å². The minimum absolute atomic E-state index is 0.0409. The lowest BCUT2D eigenvalue weighted by atomic mass is 9.80. The average Bonchev–Trinajstić information content (AvgIpc) is 3.14. The van der Waals surface area contributed by atoms with Crippen LogP contribution in [-0.4, -0.2) is 77.8 Å². The SMILES string of the molecule is COc1cc2c(cc1OC)[C@H]1[C@@H]3c4cc(OC)c(OC)cc4CCN3Cc3ccccc3OCCOCCOc3ccccc3CN1CC2. The Morgan fingerprint density at radius 3 is 1.35 bits per heavy atom. The van der Waals surface area contributed by atoms with Crippen molar-refractivity contribution in [1.29, 1.82) is 0 Å². The molecular weight excluding hydrogens is 620 g/mol. The van der Waals surface area contributed by atoms with Gasteiger partial charge in [0.1, 0.15) is 24.7 Å². The molecule has 0 aromatic heterocycles. The van der Waals surface area contributed by atoms with Crippen molar-refractivity contribution in [2.24, 2.45) is 0 Å². The van der Waals surface area contributed by atoms with Gasteiger partial charge in [-0.05, 0) is 71.5 Å². The van der Waals surface area contributed by atoms with Crippen molar-refractivity contribution in [3.05, 3.63) is 106 Å². The van der Waals surface area contributed by atoms with Crippen molar-refractivity contribution in [3.8, 4) is 34.5 Å². The van der Waals surface area contributed by atoms with Crippen LogP contribution in [0.4, 0.5) is 0 Å². The van der Waals surface area contributed by atoms with E-state index in [1.807, 2.05) is 12.1 Å². The molecule has 0 saturated carbocycles. The standard InChI is InChI=1S/C40H46N2O7/c1-43-35-21-27-13-15-41-25-29-9-5-7-11-33(29)48-19-17-47-18-20-49-34-12-8-6-10-30(34)26-42-16-14-28-22-36(44-2)38(46-4)24-32(28)40(42)39(41)31(27)23-37(35)45-3/h5-12,21-24,39-40H,13-20,25-26H2,1-4H3/t39-,40-/m0/s1. The van der Waals surface area contributed by atoms with E-state index in [2.05, 4.69) is 70.5 Å². The summed E-state index contributed by atoms with van der Waals surface area (Å²) in [5, 5.41) is 0. The van der Waals surface area contributed by atoms with E-state index < -0.39 is 0 Å². The smallest absolute Gasteiger partial charge is 0.161 e. The minimum atomic E-state index is -0.0409. The summed E-state index contributed by atoms with van der Waals surface area (Å²) in [5.41, 5.74) is 7.28. The molecule has 0 amide bonds. The Bertz CT molecular complexity index is 1630. The normalized spacial score (nSPS) is 19.9. The van der Waals surface area contributed by atoms with Gasteiger partial charge in [-0.3, -0.25) is 9.80 Å². The number of hydrogen-bond donors (Lipinski definition) is 0. The molecule has 3 aliphatic heterocycles. The molecule has 7 rings (SSSR count). The summed E-state index contributed by atoms with van der Waals surface area (Å²) in [6, 6.07) is 25.4. The number of nitrogens with zero attached hydrogens (tertiary/aromatic N) is 2. The third-order valence-electron chi connectivity index (χ3n) is 10.0. The molecule has 3 heterocycles. The predicted octanol–water partition coefficient (Wildman–Crippen LogP) is 6.41. The second-order valence-corrected chi connectivity index (χ2v) is 12.7. The van der Waals surface area contributed by atoms with E-state index in [4.69, 9.17) is 33.2 Å². The highest BCUT2D eigenvalue weighted by atomic mass is 16.5. The fourth-order valence-electron chi connectivity index (χ4n) is 7.66. The summed E-state index contributed by atoms with van der Waals surface area (Å²) in [6.45, 7) is 5.03. The lowest BCUT2D eigenvalue weighted by Gasteiger charge is -2.48. The van der Waals surface area contributed by atoms with Crippen LogP contribution in [0.15, 0.2) is 72.8 Å². The van der Waals surface area contributed by atoms with Crippen LogP contribution >= 0.6 is 0 Å². The van der Waals surface area contributed by atoms with Crippen molar-refractivity contribution in [2.45, 2.75) is 38.0 Å². The Balaban J connectivity index is 1.43. The van der Waals surface area contributed by atoms with E-state index in [1.54, 1.807) is 28.4 Å². The van der Waals surface area contributed by atoms with E-state index >= 15 is 0 Å². The third-order valence-corrected chi connectivity index (χ3v) is 10.0. The summed E-state index contributed by atoms with van der Waals surface area (Å²) < 4.78 is 42.0. The molecule has 9 nitrogen and oxygen atoms in total. The van der Waals surface area contributed by atoms with Gasteiger partial charge >= 0.3 is 0 Å². The average molecular weight is 667 g/mol. The van der Waals surface area contributed by atoms with E-state index in [0.717, 1.165) is 71.6 Å². The lowest BCUT2D eigenvalue weighted by Crippen LogP contribution is -2.46. The maximum Gasteiger partial charge on any atom is 0.161 e. The molecule has 0 unspecified atom stereocenters. The van der Waals surface area contributed by atoms with E-state index in [-0.39, 0.29) is 12.1 Å². The Morgan fingerprint density at radius 2 is 0.918 bits per heavy atom. The number of ether oxygens (including phenoxy) is 7. The predicted molar refractivity (Wildman–Crippen MR) is 187 cm³/mol. The lowest BCUT2D eigenvalue weighted by molar-refractivity contribution is 0.0505. The number of fused-ring (bicyclic) bond motifs is 9. The molecule has 0 saturated heterocycles. The Hall–Kier alpha value is -4.44. The molecule has 0 N–H and O–H groups in total. The summed E-state index contributed by atoms with van der Waals surface area (Å²) in [5.74, 6) is 4.70. The van der Waals surface area contributed by atoms with Gasteiger partial charge in [0.25, 0.3) is 0 Å². The van der Waals surface area contributed by atoms with Gasteiger partial charge < -0.3 is 33.2 Å². The van der Waals surface area contributed by atoms with Gasteiger partial charge in [-0.15, -0.1) is 0 Å². The van der Waals surface area contributed by atoms with E-state index in [9.17, 15) is 0 Å². The zero-order valence-electron chi connectivity index (χ0n) is 28.9. The molecule has 0 spiro atoms. The van der Waals surface area contributed by atoms with Crippen LogP contribution in [0.5, 0.6) is 34.5 Å². The first kappa shape index (κ1) is 33.1. The van der Waals surface area contributed by atoms with Crippen LogP contribution in [-0.2, 0) is 30.7 Å². The molecular formula is C40H46N2O7. The third kappa shape index (κ3) is 6.75. The largest absolute Gasteiger partial charge is 0.493 e. The Labute approximate surface area is 289 Å². The number of hydrogen-bond acceptors (Lipinski definition) is 9. The first-order valence-electron chi connectivity index (χ1n) is 17.1. The fourth-order valence-corrected chi connectivity index (χ4v) is 7.66. The van der Waals surface area contributed by atoms with E-state index in [0.29, 0.717) is 39.5 Å². The van der Waals surface area contributed by atoms with Crippen molar-refractivity contribution >= 4 is 0 Å². The molecule has 3 aliphatic rings. The number of rotatable bonds is 4. The van der Waals surface area contributed by atoms with Gasteiger partial charge in [-0.2, -0.15) is 0 Å². The monoisotopic (exact) mass is 666 g/mol. The number of benzene rings is 4. The minimum Gasteiger partial charge on any atom is -0.493 e. The Kier molecular flexibility index (Phi) is 10.1. The van der Waals surface area contributed by atoms with E-state index in [1.165, 1.54) is 22.3 Å². The molecule has 0 radical (unpaired) electrons. The highest BCUT2D eigenvalue weighted by Gasteiger charge is 2.42. The molecule has 4 aromatic rings. The van der Waals surface area contributed by atoms with Gasteiger partial charge in [0.15, 0.2) is 23.0 Å². The second kappa shape index (κ2) is 15.0. The Morgan fingerprint density at radius 1 is 0.510 bits per heavy atom. The van der Waals surface area contributed by atoms with Crippen molar-refractivity contribution < 1.29 is 33.2 Å². The fraction of sp³-hybridized carbons (Fsp3) is 0.400. The second-order valence-electron chi connectivity index (χ2n) is 12.7. The molecule has 258 valence electrons. The zero-order chi connectivity index (χ0) is 33.7. The van der Waals surface area contributed by atoms with Gasteiger partial charge in [0.05, 0.1) is 53.7 Å². The van der Waals surface area contributed by atoms with Crippen LogP contribution in [0.25, 0.3) is 0 Å². The van der Waals surface area contributed by atoms with Crippen LogP contribution in [0, 0.1) is 0 Å². The van der Waals surface area contributed by atoms with Crippen LogP contribution in [0.3, 0.4) is 0 Å². The molecule has 2 atom stereocenters. The van der Waals surface area contributed by atoms with Gasteiger partial charge in [-0.25, -0.2) is 0 Å². The van der Waals surface area contributed by atoms with Gasteiger partial charge in [0, 0.05) is 37.3 Å². The molecule has 49 heavy (non-hydrogen) atoms. The first-order chi connectivity index (χ1) is 24.1. The first-order valence-corrected chi connectivity index (χ1v) is 17.1. The molecule has 0 bridgehead atoms. The number of methoxy groups -OCH3 is 4. The summed E-state index contributed by atoms with van der Waals surface area (Å²) in [7, 11) is 6.82. The molecule has 0 aliphatic carbocycles. The summed E-state index contributed by atoms with van der Waals surface area (Å²) >= 11 is 0. The zero-order valence-corrected chi connectivity index (χ0v) is 28.9. The number of para-hydroxylation sites is 2. The molecule has 9 heteroatoms. The molecule has 0 fully saturated rings. The summed E-state index contributed by atoms with van der Waals surface area (Å²) in [4.78, 5) is 5.22. The maximum absolute atomic E-state index is 6.33. The van der Waals surface area contributed by atoms with Crippen molar-refractivity contribution in [1.82, 2.24) is 9.80 Å². The van der Waals surface area contributed by atoms with Gasteiger partial charge in [-0.1, -0.05) is 36.4 Å². The van der Waals surface area contributed by atoms with Crippen molar-refractivity contribution in [2.75, 3.05) is 68.0 Å². The quantitative estimate of drug-likeness (QED) is 0.246. The molecule has 4 aromatic carbocycles. The highest BCUT2D eigenvalue weighted by Crippen LogP contribution is 2.50.